The van der Waals surface area contributed by atoms with Crippen LogP contribution in [-0.4, -0.2) is 37.0 Å². The number of hydrogen-bond acceptors (Lipinski definition) is 2. The minimum atomic E-state index is 0.121. The monoisotopic (exact) mass is 444 g/mol. The van der Waals surface area contributed by atoms with Crippen molar-refractivity contribution >= 4 is 12.1 Å². The van der Waals surface area contributed by atoms with Crippen LogP contribution in [0.1, 0.15) is 76.0 Å². The zero-order chi connectivity index (χ0) is 23.2. The molecular weight excluding hydrogens is 404 g/mol. The Kier molecular flexibility index (Phi) is 5.79. The van der Waals surface area contributed by atoms with E-state index in [1.165, 1.54) is 43.4 Å². The van der Waals surface area contributed by atoms with Crippen LogP contribution in [0.25, 0.3) is 0 Å². The predicted octanol–water partition coefficient (Wildman–Crippen LogP) is 6.17. The van der Waals surface area contributed by atoms with Gasteiger partial charge in [0.05, 0.1) is 6.04 Å². The molecule has 0 aromatic heterocycles. The number of amides is 1. The standard InChI is InChI=1S/C30H40N2O/c1-22(2)23-11-13-26-24(19-23)12-14-27-29(26,3)15-8-16-30(27,4)28-20-31(17-18-32(28)21-33)25-9-6-5-7-10-25/h5-7,9-11,13,19,21-22,27-28H,8,12,14-18,20H2,1-4H3/t27-,28?,29-,30-/m1/s1. The number of fused-ring (bicyclic) bond motifs is 3. The van der Waals surface area contributed by atoms with Crippen LogP contribution in [-0.2, 0) is 16.6 Å². The first kappa shape index (κ1) is 22.5. The summed E-state index contributed by atoms with van der Waals surface area (Å²) >= 11 is 0. The SMILES string of the molecule is CC(C)c1ccc2c(c1)CC[C@H]1[C@](C)(C3CN(c4ccccc4)CCN3C=O)CCC[C@]21C. The largest absolute Gasteiger partial charge is 0.368 e. The zero-order valence-corrected chi connectivity index (χ0v) is 20.9. The molecule has 3 aliphatic rings. The van der Waals surface area contributed by atoms with Crippen LogP contribution in [0.15, 0.2) is 48.5 Å². The Labute approximate surface area is 200 Å². The number of carbonyl (C=O) groups excluding carboxylic acids is 1. The minimum Gasteiger partial charge on any atom is -0.368 e. The number of piperazine rings is 1. The predicted molar refractivity (Wildman–Crippen MR) is 137 cm³/mol. The molecule has 1 saturated heterocycles. The summed E-state index contributed by atoms with van der Waals surface area (Å²) in [6, 6.07) is 18.3. The highest BCUT2D eigenvalue weighted by Gasteiger charge is 2.56. The van der Waals surface area contributed by atoms with E-state index in [2.05, 4.69) is 86.0 Å². The lowest BCUT2D eigenvalue weighted by Crippen LogP contribution is -2.64. The minimum absolute atomic E-state index is 0.121. The van der Waals surface area contributed by atoms with Gasteiger partial charge < -0.3 is 9.80 Å². The number of para-hydroxylation sites is 1. The second-order valence-electron chi connectivity index (χ2n) is 11.6. The van der Waals surface area contributed by atoms with Gasteiger partial charge in [-0.25, -0.2) is 0 Å². The van der Waals surface area contributed by atoms with Crippen LogP contribution in [0.5, 0.6) is 0 Å². The van der Waals surface area contributed by atoms with E-state index in [1.807, 2.05) is 0 Å². The quantitative estimate of drug-likeness (QED) is 0.527. The van der Waals surface area contributed by atoms with Crippen LogP contribution in [0.3, 0.4) is 0 Å². The van der Waals surface area contributed by atoms with Gasteiger partial charge in [0.1, 0.15) is 0 Å². The van der Waals surface area contributed by atoms with Gasteiger partial charge in [-0.3, -0.25) is 4.79 Å². The topological polar surface area (TPSA) is 23.6 Å². The number of benzene rings is 2. The summed E-state index contributed by atoms with van der Waals surface area (Å²) in [6.45, 7) is 12.3. The summed E-state index contributed by atoms with van der Waals surface area (Å²) in [6.07, 6.45) is 7.25. The van der Waals surface area contributed by atoms with E-state index in [1.54, 1.807) is 11.1 Å². The van der Waals surface area contributed by atoms with Gasteiger partial charge in [-0.1, -0.05) is 70.5 Å². The molecule has 2 aliphatic carbocycles. The van der Waals surface area contributed by atoms with Crippen molar-refractivity contribution in [3.63, 3.8) is 0 Å². The smallest absolute Gasteiger partial charge is 0.210 e. The van der Waals surface area contributed by atoms with Gasteiger partial charge in [0.15, 0.2) is 0 Å². The lowest BCUT2D eigenvalue weighted by Gasteiger charge is -2.60. The van der Waals surface area contributed by atoms with Gasteiger partial charge in [-0.05, 0) is 77.2 Å². The first-order chi connectivity index (χ1) is 15.9. The highest BCUT2D eigenvalue weighted by molar-refractivity contribution is 5.53. The van der Waals surface area contributed by atoms with Crippen LogP contribution in [0.4, 0.5) is 5.69 Å². The third-order valence-corrected chi connectivity index (χ3v) is 9.53. The average molecular weight is 445 g/mol. The summed E-state index contributed by atoms with van der Waals surface area (Å²) in [5.74, 6) is 1.17. The van der Waals surface area contributed by atoms with Gasteiger partial charge in [0.2, 0.25) is 6.41 Å². The zero-order valence-electron chi connectivity index (χ0n) is 20.9. The number of carbonyl (C=O) groups is 1. The highest BCUT2D eigenvalue weighted by atomic mass is 16.1. The summed E-state index contributed by atoms with van der Waals surface area (Å²) < 4.78 is 0. The summed E-state index contributed by atoms with van der Waals surface area (Å²) in [5.41, 5.74) is 6.22. The van der Waals surface area contributed by atoms with Gasteiger partial charge in [0.25, 0.3) is 0 Å². The van der Waals surface area contributed by atoms with Crippen molar-refractivity contribution in [2.75, 3.05) is 24.5 Å². The molecule has 2 aromatic carbocycles. The highest BCUT2D eigenvalue weighted by Crippen LogP contribution is 2.59. The Balaban J connectivity index is 1.50. The maximum atomic E-state index is 12.2. The van der Waals surface area contributed by atoms with E-state index >= 15 is 0 Å². The second kappa shape index (κ2) is 8.49. The van der Waals surface area contributed by atoms with E-state index in [0.29, 0.717) is 11.8 Å². The molecule has 2 aromatic rings. The van der Waals surface area contributed by atoms with Gasteiger partial charge in [-0.15, -0.1) is 0 Å². The van der Waals surface area contributed by atoms with Crippen molar-refractivity contribution in [1.82, 2.24) is 4.90 Å². The van der Waals surface area contributed by atoms with Crippen molar-refractivity contribution in [3.05, 3.63) is 65.2 Å². The Bertz CT molecular complexity index is 1000. The maximum Gasteiger partial charge on any atom is 0.210 e. The number of aryl methyl sites for hydroxylation is 1. The first-order valence-electron chi connectivity index (χ1n) is 13.0. The van der Waals surface area contributed by atoms with Gasteiger partial charge in [0, 0.05) is 25.3 Å². The van der Waals surface area contributed by atoms with Crippen LogP contribution in [0, 0.1) is 11.3 Å². The fourth-order valence-corrected chi connectivity index (χ4v) is 7.70. The van der Waals surface area contributed by atoms with Crippen LogP contribution >= 0.6 is 0 Å². The molecule has 1 unspecified atom stereocenters. The van der Waals surface area contributed by atoms with Crippen molar-refractivity contribution < 1.29 is 4.79 Å². The Hall–Kier alpha value is -2.29. The molecule has 176 valence electrons. The second-order valence-corrected chi connectivity index (χ2v) is 11.6. The van der Waals surface area contributed by atoms with Crippen LogP contribution < -0.4 is 4.90 Å². The Morgan fingerprint density at radius 1 is 1.03 bits per heavy atom. The average Bonchev–Trinajstić information content (AvgIpc) is 2.83. The Morgan fingerprint density at radius 3 is 2.55 bits per heavy atom. The Morgan fingerprint density at radius 2 is 1.82 bits per heavy atom. The summed E-state index contributed by atoms with van der Waals surface area (Å²) in [5, 5.41) is 0. The van der Waals surface area contributed by atoms with Crippen molar-refractivity contribution in [2.45, 2.75) is 77.2 Å². The van der Waals surface area contributed by atoms with E-state index in [9.17, 15) is 4.79 Å². The van der Waals surface area contributed by atoms with E-state index in [0.717, 1.165) is 26.0 Å². The number of anilines is 1. The summed E-state index contributed by atoms with van der Waals surface area (Å²) in [7, 11) is 0. The number of rotatable bonds is 4. The lowest BCUT2D eigenvalue weighted by molar-refractivity contribution is -0.128. The first-order valence-corrected chi connectivity index (χ1v) is 13.0. The van der Waals surface area contributed by atoms with E-state index < -0.39 is 0 Å². The van der Waals surface area contributed by atoms with Crippen molar-refractivity contribution in [3.8, 4) is 0 Å². The molecular formula is C30H40N2O. The lowest BCUT2D eigenvalue weighted by atomic mass is 9.48. The summed E-state index contributed by atoms with van der Waals surface area (Å²) in [4.78, 5) is 16.9. The van der Waals surface area contributed by atoms with Crippen molar-refractivity contribution in [1.29, 1.82) is 0 Å². The number of hydrogen-bond donors (Lipinski definition) is 0. The molecule has 0 radical (unpaired) electrons. The van der Waals surface area contributed by atoms with Gasteiger partial charge >= 0.3 is 0 Å². The molecule has 1 aliphatic heterocycles. The molecule has 0 N–H and O–H groups in total. The van der Waals surface area contributed by atoms with E-state index in [-0.39, 0.29) is 16.9 Å². The molecule has 1 saturated carbocycles. The molecule has 0 spiro atoms. The normalized spacial score (nSPS) is 31.8. The van der Waals surface area contributed by atoms with Crippen LogP contribution in [0.2, 0.25) is 0 Å². The molecule has 1 amide bonds. The fourth-order valence-electron chi connectivity index (χ4n) is 7.70. The molecule has 4 atom stereocenters. The molecule has 3 heteroatoms. The molecule has 3 nitrogen and oxygen atoms in total. The molecule has 1 heterocycles. The fraction of sp³-hybridized carbons (Fsp3) is 0.567. The molecule has 2 fully saturated rings. The van der Waals surface area contributed by atoms with E-state index in [4.69, 9.17) is 0 Å². The molecule has 5 rings (SSSR count). The third kappa shape index (κ3) is 3.68. The third-order valence-electron chi connectivity index (χ3n) is 9.53. The number of nitrogens with zero attached hydrogens (tertiary/aromatic N) is 2. The molecule has 33 heavy (non-hydrogen) atoms. The van der Waals surface area contributed by atoms with Crippen molar-refractivity contribution in [2.24, 2.45) is 11.3 Å². The molecule has 0 bridgehead atoms. The maximum absolute atomic E-state index is 12.2. The van der Waals surface area contributed by atoms with Gasteiger partial charge in [-0.2, -0.15) is 0 Å².